The highest BCUT2D eigenvalue weighted by molar-refractivity contribution is 6.21. The van der Waals surface area contributed by atoms with Gasteiger partial charge < -0.3 is 10.6 Å². The Morgan fingerprint density at radius 2 is 1.71 bits per heavy atom. The third kappa shape index (κ3) is 3.31. The molecule has 0 atom stereocenters. The quantitative estimate of drug-likeness (QED) is 0.655. The van der Waals surface area contributed by atoms with E-state index in [0.717, 1.165) is 19.5 Å². The summed E-state index contributed by atoms with van der Waals surface area (Å²) in [6, 6.07) is 15.1. The lowest BCUT2D eigenvalue weighted by molar-refractivity contribution is 0.0648. The van der Waals surface area contributed by atoms with Crippen LogP contribution in [0.3, 0.4) is 0 Å². The number of carbonyl (C=O) groups is 2. The fourth-order valence-corrected chi connectivity index (χ4v) is 2.98. The Labute approximate surface area is 141 Å². The van der Waals surface area contributed by atoms with E-state index in [1.807, 2.05) is 25.2 Å². The number of benzene rings is 2. The van der Waals surface area contributed by atoms with Crippen molar-refractivity contribution in [2.45, 2.75) is 13.0 Å². The van der Waals surface area contributed by atoms with Crippen molar-refractivity contribution >= 4 is 17.5 Å². The summed E-state index contributed by atoms with van der Waals surface area (Å²) in [4.78, 5) is 28.2. The summed E-state index contributed by atoms with van der Waals surface area (Å²) in [6.07, 6.45) is 0.740. The fraction of sp³-hybridized carbons (Fsp3) is 0.263. The minimum absolute atomic E-state index is 0.222. The molecule has 5 heteroatoms. The van der Waals surface area contributed by atoms with Crippen molar-refractivity contribution in [2.24, 2.45) is 0 Å². The number of fused-ring (bicyclic) bond motifs is 1. The molecule has 0 aromatic heterocycles. The number of hydrogen-bond acceptors (Lipinski definition) is 4. The number of imide groups is 1. The third-order valence-corrected chi connectivity index (χ3v) is 4.21. The Kier molecular flexibility index (Phi) is 4.62. The number of nitrogens with two attached hydrogens (primary N) is 1. The highest BCUT2D eigenvalue weighted by atomic mass is 16.2. The molecule has 124 valence electrons. The second-order valence-corrected chi connectivity index (χ2v) is 6.14. The Balaban J connectivity index is 1.54. The molecule has 0 radical (unpaired) electrons. The summed E-state index contributed by atoms with van der Waals surface area (Å²) in [5, 5.41) is 0. The number of hydrogen-bond donors (Lipinski definition) is 1. The van der Waals surface area contributed by atoms with Crippen molar-refractivity contribution in [1.29, 1.82) is 0 Å². The first kappa shape index (κ1) is 16.2. The van der Waals surface area contributed by atoms with Gasteiger partial charge in [0.2, 0.25) is 0 Å². The van der Waals surface area contributed by atoms with Crippen LogP contribution in [0.25, 0.3) is 0 Å². The van der Waals surface area contributed by atoms with Crippen LogP contribution in [-0.2, 0) is 6.54 Å². The molecule has 1 heterocycles. The molecule has 0 unspecified atom stereocenters. The molecule has 0 fully saturated rings. The molecule has 2 aromatic carbocycles. The Morgan fingerprint density at radius 1 is 1.00 bits per heavy atom. The van der Waals surface area contributed by atoms with Crippen molar-refractivity contribution in [3.8, 4) is 0 Å². The third-order valence-electron chi connectivity index (χ3n) is 4.21. The zero-order valence-electron chi connectivity index (χ0n) is 13.7. The molecule has 3 rings (SSSR count). The van der Waals surface area contributed by atoms with E-state index in [0.29, 0.717) is 23.4 Å². The number of anilines is 1. The van der Waals surface area contributed by atoms with Crippen molar-refractivity contribution in [3.63, 3.8) is 0 Å². The molecule has 0 aliphatic carbocycles. The Bertz CT molecular complexity index is 758. The van der Waals surface area contributed by atoms with Crippen LogP contribution < -0.4 is 5.73 Å². The van der Waals surface area contributed by atoms with Crippen LogP contribution in [0.15, 0.2) is 48.5 Å². The number of carbonyl (C=O) groups excluding carboxylic acids is 2. The van der Waals surface area contributed by atoms with Crippen LogP contribution in [0.4, 0.5) is 5.69 Å². The largest absolute Gasteiger partial charge is 0.399 e. The fourth-order valence-electron chi connectivity index (χ4n) is 2.98. The summed E-state index contributed by atoms with van der Waals surface area (Å²) < 4.78 is 0. The monoisotopic (exact) mass is 323 g/mol. The number of nitrogen functional groups attached to an aromatic ring is 1. The molecule has 5 nitrogen and oxygen atoms in total. The minimum Gasteiger partial charge on any atom is -0.399 e. The van der Waals surface area contributed by atoms with Gasteiger partial charge in [-0.3, -0.25) is 14.5 Å². The molecule has 0 bridgehead atoms. The molecule has 2 aromatic rings. The van der Waals surface area contributed by atoms with Crippen LogP contribution in [0.2, 0.25) is 0 Å². The van der Waals surface area contributed by atoms with Gasteiger partial charge in [0, 0.05) is 18.8 Å². The summed E-state index contributed by atoms with van der Waals surface area (Å²) >= 11 is 0. The highest BCUT2D eigenvalue weighted by Crippen LogP contribution is 2.24. The van der Waals surface area contributed by atoms with Gasteiger partial charge >= 0.3 is 0 Å². The predicted octanol–water partition coefficient (Wildman–Crippen LogP) is 2.39. The molecule has 1 aliphatic heterocycles. The van der Waals surface area contributed by atoms with Gasteiger partial charge in [-0.15, -0.1) is 0 Å². The first-order valence-electron chi connectivity index (χ1n) is 8.04. The van der Waals surface area contributed by atoms with E-state index in [1.165, 1.54) is 10.5 Å². The van der Waals surface area contributed by atoms with Crippen LogP contribution >= 0.6 is 0 Å². The van der Waals surface area contributed by atoms with Crippen molar-refractivity contribution in [3.05, 3.63) is 65.2 Å². The average Bonchev–Trinajstić information content (AvgIpc) is 2.80. The van der Waals surface area contributed by atoms with E-state index in [4.69, 9.17) is 5.73 Å². The number of nitrogens with zero attached hydrogens (tertiary/aromatic N) is 2. The molecule has 2 N–H and O–H groups in total. The van der Waals surface area contributed by atoms with Crippen molar-refractivity contribution in [2.75, 3.05) is 25.9 Å². The first-order chi connectivity index (χ1) is 11.6. The lowest BCUT2D eigenvalue weighted by Crippen LogP contribution is -2.32. The topological polar surface area (TPSA) is 66.6 Å². The zero-order valence-corrected chi connectivity index (χ0v) is 13.7. The maximum Gasteiger partial charge on any atom is 0.261 e. The lowest BCUT2D eigenvalue weighted by Gasteiger charge is -2.19. The Morgan fingerprint density at radius 3 is 2.46 bits per heavy atom. The molecule has 0 saturated heterocycles. The van der Waals surface area contributed by atoms with Crippen molar-refractivity contribution in [1.82, 2.24) is 9.80 Å². The summed E-state index contributed by atoms with van der Waals surface area (Å²) in [5.41, 5.74) is 8.32. The average molecular weight is 323 g/mol. The van der Waals surface area contributed by atoms with Crippen LogP contribution in [0, 0.1) is 0 Å². The van der Waals surface area contributed by atoms with Crippen LogP contribution in [-0.4, -0.2) is 41.8 Å². The summed E-state index contributed by atoms with van der Waals surface area (Å²) in [6.45, 7) is 2.08. The van der Waals surface area contributed by atoms with E-state index < -0.39 is 0 Å². The second-order valence-electron chi connectivity index (χ2n) is 6.14. The van der Waals surface area contributed by atoms with Gasteiger partial charge in [-0.1, -0.05) is 30.3 Å². The lowest BCUT2D eigenvalue weighted by atomic mass is 10.1. The molecule has 1 aliphatic rings. The van der Waals surface area contributed by atoms with Gasteiger partial charge in [-0.25, -0.2) is 0 Å². The SMILES string of the molecule is CN(CCCN1C(=O)c2ccc(N)cc2C1=O)Cc1ccccc1. The maximum atomic E-state index is 12.4. The predicted molar refractivity (Wildman–Crippen MR) is 93.6 cm³/mol. The minimum atomic E-state index is -0.243. The van der Waals surface area contributed by atoms with Gasteiger partial charge in [0.05, 0.1) is 11.1 Å². The number of amides is 2. The number of rotatable bonds is 6. The maximum absolute atomic E-state index is 12.4. The van der Waals surface area contributed by atoms with E-state index in [2.05, 4.69) is 17.0 Å². The van der Waals surface area contributed by atoms with Crippen molar-refractivity contribution < 1.29 is 9.59 Å². The van der Waals surface area contributed by atoms with Gasteiger partial charge in [-0.05, 0) is 43.8 Å². The second kappa shape index (κ2) is 6.84. The van der Waals surface area contributed by atoms with E-state index in [-0.39, 0.29) is 11.8 Å². The van der Waals surface area contributed by atoms with Gasteiger partial charge in [0.1, 0.15) is 0 Å². The van der Waals surface area contributed by atoms with E-state index >= 15 is 0 Å². The molecule has 2 amide bonds. The van der Waals surface area contributed by atoms with Crippen LogP contribution in [0.5, 0.6) is 0 Å². The molecule has 24 heavy (non-hydrogen) atoms. The molecule has 0 saturated carbocycles. The van der Waals surface area contributed by atoms with E-state index in [9.17, 15) is 9.59 Å². The smallest absolute Gasteiger partial charge is 0.261 e. The van der Waals surface area contributed by atoms with Gasteiger partial charge in [-0.2, -0.15) is 0 Å². The summed E-state index contributed by atoms with van der Waals surface area (Å²) in [7, 11) is 2.04. The Hall–Kier alpha value is -2.66. The van der Waals surface area contributed by atoms with Gasteiger partial charge in [0.25, 0.3) is 11.8 Å². The zero-order chi connectivity index (χ0) is 17.1. The normalized spacial score (nSPS) is 13.7. The van der Waals surface area contributed by atoms with Crippen LogP contribution in [0.1, 0.15) is 32.7 Å². The highest BCUT2D eigenvalue weighted by Gasteiger charge is 2.34. The van der Waals surface area contributed by atoms with Gasteiger partial charge in [0.15, 0.2) is 0 Å². The standard InChI is InChI=1S/C19H21N3O2/c1-21(13-14-6-3-2-4-7-14)10-5-11-22-18(23)16-9-8-15(20)12-17(16)19(22)24/h2-4,6-9,12H,5,10-11,13,20H2,1H3. The first-order valence-corrected chi connectivity index (χ1v) is 8.04. The summed E-state index contributed by atoms with van der Waals surface area (Å²) in [5.74, 6) is -0.464. The molecular weight excluding hydrogens is 302 g/mol. The van der Waals surface area contributed by atoms with E-state index in [1.54, 1.807) is 18.2 Å². The molecular formula is C19H21N3O2. The molecule has 0 spiro atoms.